The molecule has 0 aliphatic carbocycles. The molecule has 0 aromatic heterocycles. The van der Waals surface area contributed by atoms with Gasteiger partial charge in [0.2, 0.25) is 0 Å². The molecular weight excluding hydrogens is 156 g/mol. The zero-order valence-electron chi connectivity index (χ0n) is 7.06. The highest BCUT2D eigenvalue weighted by atomic mass is 16.3. The van der Waals surface area contributed by atoms with E-state index in [0.29, 0.717) is 0 Å². The molecule has 12 heavy (non-hydrogen) atoms. The molecule has 4 heterocycles. The van der Waals surface area contributed by atoms with Crippen molar-refractivity contribution in [1.82, 2.24) is 19.6 Å². The summed E-state index contributed by atoms with van der Waals surface area (Å²) in [5, 5.41) is 9.18. The highest BCUT2D eigenvalue weighted by Crippen LogP contribution is 2.25. The van der Waals surface area contributed by atoms with Gasteiger partial charge >= 0.3 is 0 Å². The van der Waals surface area contributed by atoms with Gasteiger partial charge in [-0.2, -0.15) is 0 Å². The van der Waals surface area contributed by atoms with Gasteiger partial charge in [-0.05, 0) is 0 Å². The lowest BCUT2D eigenvalue weighted by atomic mass is 10.2. The van der Waals surface area contributed by atoms with Crippen molar-refractivity contribution >= 4 is 0 Å². The van der Waals surface area contributed by atoms with Crippen LogP contribution in [0.2, 0.25) is 0 Å². The second-order valence-corrected chi connectivity index (χ2v) is 3.89. The average molecular weight is 170 g/mol. The Kier molecular flexibility index (Phi) is 1.44. The van der Waals surface area contributed by atoms with Crippen molar-refractivity contribution in [1.29, 1.82) is 0 Å². The van der Waals surface area contributed by atoms with Crippen LogP contribution in [0.25, 0.3) is 0 Å². The summed E-state index contributed by atoms with van der Waals surface area (Å²) in [6.45, 7) is 5.47. The second-order valence-electron chi connectivity index (χ2n) is 3.89. The van der Waals surface area contributed by atoms with Gasteiger partial charge in [-0.3, -0.25) is 19.6 Å². The smallest absolute Gasteiger partial charge is 0.0902 e. The van der Waals surface area contributed by atoms with Crippen molar-refractivity contribution in [2.45, 2.75) is 6.17 Å². The molecule has 1 N–H and O–H groups in total. The summed E-state index contributed by atoms with van der Waals surface area (Å²) >= 11 is 0. The Morgan fingerprint density at radius 1 is 0.917 bits per heavy atom. The summed E-state index contributed by atoms with van der Waals surface area (Å²) in [4.78, 5) is 9.41. The van der Waals surface area contributed by atoms with Crippen molar-refractivity contribution in [3.05, 3.63) is 0 Å². The normalized spacial score (nSPS) is 56.2. The van der Waals surface area contributed by atoms with Gasteiger partial charge in [0.05, 0.1) is 46.1 Å². The minimum atomic E-state index is 0.266. The molecule has 0 aromatic rings. The predicted octanol–water partition coefficient (Wildman–Crippen LogP) is -1.66. The highest BCUT2D eigenvalue weighted by Gasteiger charge is 2.42. The van der Waals surface area contributed by atoms with Crippen molar-refractivity contribution < 1.29 is 5.11 Å². The van der Waals surface area contributed by atoms with Crippen LogP contribution in [0.5, 0.6) is 0 Å². The van der Waals surface area contributed by atoms with Crippen LogP contribution in [0.3, 0.4) is 0 Å². The minimum Gasteiger partial charge on any atom is -0.393 e. The van der Waals surface area contributed by atoms with Crippen molar-refractivity contribution in [2.24, 2.45) is 0 Å². The molecule has 4 bridgehead atoms. The van der Waals surface area contributed by atoms with E-state index in [-0.39, 0.29) is 12.8 Å². The van der Waals surface area contributed by atoms with Gasteiger partial charge in [0.1, 0.15) is 0 Å². The van der Waals surface area contributed by atoms with Crippen LogP contribution in [-0.4, -0.2) is 70.8 Å². The van der Waals surface area contributed by atoms with Crippen LogP contribution in [-0.2, 0) is 0 Å². The average Bonchev–Trinajstić information content (AvgIpc) is 2.02. The molecule has 5 nitrogen and oxygen atoms in total. The first-order valence-corrected chi connectivity index (χ1v) is 4.40. The van der Waals surface area contributed by atoms with Gasteiger partial charge in [-0.15, -0.1) is 0 Å². The van der Waals surface area contributed by atoms with E-state index in [1.54, 1.807) is 0 Å². The number of aliphatic hydroxyl groups is 1. The van der Waals surface area contributed by atoms with Crippen molar-refractivity contribution in [3.8, 4) is 0 Å². The Morgan fingerprint density at radius 3 is 1.83 bits per heavy atom. The molecular formula is C7H14N4O. The van der Waals surface area contributed by atoms with Gasteiger partial charge in [0.15, 0.2) is 0 Å². The van der Waals surface area contributed by atoms with E-state index in [0.717, 1.165) is 33.3 Å². The fourth-order valence-electron chi connectivity index (χ4n) is 2.51. The van der Waals surface area contributed by atoms with Gasteiger partial charge < -0.3 is 5.11 Å². The molecule has 0 aromatic carbocycles. The van der Waals surface area contributed by atoms with Gasteiger partial charge in [-0.1, -0.05) is 0 Å². The molecule has 5 heteroatoms. The Labute approximate surface area is 71.7 Å². The molecule has 4 aliphatic rings. The lowest BCUT2D eigenvalue weighted by Crippen LogP contribution is -2.76. The summed E-state index contributed by atoms with van der Waals surface area (Å²) in [5.74, 6) is 0. The maximum Gasteiger partial charge on any atom is 0.0902 e. The van der Waals surface area contributed by atoms with Crippen molar-refractivity contribution in [3.63, 3.8) is 0 Å². The van der Waals surface area contributed by atoms with Gasteiger partial charge in [-0.25, -0.2) is 0 Å². The second kappa shape index (κ2) is 2.40. The molecule has 4 aliphatic heterocycles. The number of hydrogen-bond acceptors (Lipinski definition) is 5. The summed E-state index contributed by atoms with van der Waals surface area (Å²) in [6.07, 6.45) is 0.276. The molecule has 68 valence electrons. The van der Waals surface area contributed by atoms with Crippen LogP contribution >= 0.6 is 0 Å². The van der Waals surface area contributed by atoms with E-state index in [4.69, 9.17) is 0 Å². The molecule has 0 atom stereocenters. The SMILES string of the molecule is OCC1N2CN3CN(C2)CN1C3. The summed E-state index contributed by atoms with van der Waals surface area (Å²) in [7, 11) is 0. The number of nitrogens with zero attached hydrogens (tertiary/aromatic N) is 4. The molecule has 0 saturated carbocycles. The first kappa shape index (κ1) is 7.23. The van der Waals surface area contributed by atoms with E-state index < -0.39 is 0 Å². The first-order chi connectivity index (χ1) is 5.86. The molecule has 4 fully saturated rings. The largest absolute Gasteiger partial charge is 0.393 e. The topological polar surface area (TPSA) is 33.2 Å². The van der Waals surface area contributed by atoms with Crippen LogP contribution in [0.1, 0.15) is 0 Å². The Bertz CT molecular complexity index is 170. The van der Waals surface area contributed by atoms with Crippen LogP contribution in [0, 0.1) is 0 Å². The van der Waals surface area contributed by atoms with Gasteiger partial charge in [0.25, 0.3) is 0 Å². The number of aliphatic hydroxyl groups excluding tert-OH is 1. The van der Waals surface area contributed by atoms with E-state index >= 15 is 0 Å². The van der Waals surface area contributed by atoms with E-state index in [1.807, 2.05) is 0 Å². The zero-order valence-corrected chi connectivity index (χ0v) is 7.06. The molecule has 0 radical (unpaired) electrons. The minimum absolute atomic E-state index is 0.266. The van der Waals surface area contributed by atoms with Crippen molar-refractivity contribution in [2.75, 3.05) is 40.0 Å². The molecule has 0 spiro atoms. The number of rotatable bonds is 1. The van der Waals surface area contributed by atoms with Crippen LogP contribution in [0.15, 0.2) is 0 Å². The van der Waals surface area contributed by atoms with E-state index in [2.05, 4.69) is 19.6 Å². The first-order valence-electron chi connectivity index (χ1n) is 4.40. The third-order valence-electron chi connectivity index (χ3n) is 2.93. The van der Waals surface area contributed by atoms with Crippen LogP contribution in [0.4, 0.5) is 0 Å². The molecule has 4 rings (SSSR count). The fourth-order valence-corrected chi connectivity index (χ4v) is 2.51. The maximum atomic E-state index is 9.18. The third-order valence-corrected chi connectivity index (χ3v) is 2.93. The Balaban J connectivity index is 1.86. The van der Waals surface area contributed by atoms with Crippen LogP contribution < -0.4 is 0 Å². The standard InChI is InChI=1S/C7H14N4O/c12-1-7-10-3-8-2-9(5-10)6-11(7)4-8/h7,12H,1-6H2. The monoisotopic (exact) mass is 170 g/mol. The lowest BCUT2D eigenvalue weighted by molar-refractivity contribution is -0.237. The summed E-state index contributed by atoms with van der Waals surface area (Å²) < 4.78 is 0. The molecule has 0 unspecified atom stereocenters. The van der Waals surface area contributed by atoms with Gasteiger partial charge in [0, 0.05) is 0 Å². The molecule has 0 amide bonds. The maximum absolute atomic E-state index is 9.18. The Hall–Kier alpha value is -0.200. The predicted molar refractivity (Wildman–Crippen MR) is 42.6 cm³/mol. The third kappa shape index (κ3) is 0.855. The number of hydrogen-bond donors (Lipinski definition) is 1. The molecule has 4 saturated heterocycles. The van der Waals surface area contributed by atoms with E-state index in [1.165, 1.54) is 0 Å². The lowest BCUT2D eigenvalue weighted by Gasteiger charge is -2.60. The fraction of sp³-hybridized carbons (Fsp3) is 1.00. The Morgan fingerprint density at radius 2 is 1.42 bits per heavy atom. The quantitative estimate of drug-likeness (QED) is 0.509. The zero-order chi connectivity index (χ0) is 8.13. The highest BCUT2D eigenvalue weighted by molar-refractivity contribution is 4.86. The summed E-state index contributed by atoms with van der Waals surface area (Å²) in [6, 6.07) is 0. The summed E-state index contributed by atoms with van der Waals surface area (Å²) in [5.41, 5.74) is 0. The van der Waals surface area contributed by atoms with E-state index in [9.17, 15) is 5.11 Å².